The van der Waals surface area contributed by atoms with Crippen LogP contribution in [0.2, 0.25) is 0 Å². The third-order valence-electron chi connectivity index (χ3n) is 7.82. The number of aromatic nitrogens is 2. The first-order valence-electron chi connectivity index (χ1n) is 15.3. The number of ether oxygens (including phenoxy) is 6. The van der Waals surface area contributed by atoms with E-state index in [0.717, 1.165) is 9.47 Å². The van der Waals surface area contributed by atoms with Crippen LogP contribution < -0.4 is 16.6 Å². The summed E-state index contributed by atoms with van der Waals surface area (Å²) in [4.78, 5) is 71.6. The van der Waals surface area contributed by atoms with Gasteiger partial charge in [-0.05, 0) is 43.0 Å². The van der Waals surface area contributed by atoms with Crippen LogP contribution in [0.15, 0.2) is 27.6 Å². The van der Waals surface area contributed by atoms with E-state index >= 15 is 0 Å². The van der Waals surface area contributed by atoms with Crippen molar-refractivity contribution in [1.82, 2.24) is 19.8 Å². The molecule has 2 unspecified atom stereocenters. The lowest BCUT2D eigenvalue weighted by Crippen LogP contribution is -2.54. The summed E-state index contributed by atoms with van der Waals surface area (Å²) in [6, 6.07) is -0.783. The number of nitrogens with zero attached hydrogens (tertiary/aromatic N) is 2. The maximum atomic E-state index is 12.9. The van der Waals surface area contributed by atoms with Crippen LogP contribution in [0.25, 0.3) is 0 Å². The Hall–Kier alpha value is -1.57. The molecule has 2 fully saturated rings. The van der Waals surface area contributed by atoms with Crippen molar-refractivity contribution in [2.24, 2.45) is 0 Å². The van der Waals surface area contributed by atoms with E-state index in [2.05, 4.69) is 22.1 Å². The number of aryl methyl sites for hydroxylation is 1. The molecule has 4 rings (SSSR count). The normalized spacial score (nSPS) is 31.1. The lowest BCUT2D eigenvalue weighted by Gasteiger charge is -2.35. The van der Waals surface area contributed by atoms with Crippen molar-refractivity contribution in [2.75, 3.05) is 53.9 Å². The molecule has 2 amide bonds. The number of aromatic amines is 1. The quantitative estimate of drug-likeness (QED) is 0.0623. The van der Waals surface area contributed by atoms with Gasteiger partial charge in [-0.1, -0.05) is 0 Å². The van der Waals surface area contributed by atoms with Gasteiger partial charge in [0.15, 0.2) is 18.7 Å². The summed E-state index contributed by atoms with van der Waals surface area (Å²) in [5, 5.41) is 23.6. The fourth-order valence-electron chi connectivity index (χ4n) is 5.31. The van der Waals surface area contributed by atoms with Gasteiger partial charge in [-0.2, -0.15) is 0 Å². The van der Waals surface area contributed by atoms with Crippen LogP contribution in [0, 0.1) is 6.92 Å². The number of nitrogens with one attached hydrogen (secondary N) is 2. The van der Waals surface area contributed by atoms with Crippen molar-refractivity contribution in [1.29, 1.82) is 0 Å². The zero-order valence-corrected chi connectivity index (χ0v) is 31.3. The number of aliphatic hydroxyl groups excluding tert-OH is 2. The second-order valence-electron chi connectivity index (χ2n) is 11.5. The Balaban J connectivity index is 1.57. The molecule has 3 aliphatic heterocycles. The molecule has 2 saturated heterocycles. The Morgan fingerprint density at radius 3 is 2.10 bits per heavy atom. The van der Waals surface area contributed by atoms with E-state index in [1.807, 2.05) is 0 Å². The van der Waals surface area contributed by atoms with Crippen LogP contribution in [0.4, 0.5) is 4.79 Å². The number of methoxy groups -OCH3 is 2. The zero-order valence-electron chi connectivity index (χ0n) is 27.8. The van der Waals surface area contributed by atoms with E-state index in [1.165, 1.54) is 33.5 Å². The molecule has 0 aliphatic carbocycles. The molecular weight excluding hydrogens is 766 g/mol. The van der Waals surface area contributed by atoms with Gasteiger partial charge in [0.25, 0.3) is 5.56 Å². The molecule has 51 heavy (non-hydrogen) atoms. The van der Waals surface area contributed by atoms with E-state index in [0.29, 0.717) is 5.57 Å². The number of hydrogen-bond donors (Lipinski definition) is 7. The monoisotopic (exact) mass is 808 g/mol. The summed E-state index contributed by atoms with van der Waals surface area (Å²) >= 11 is 9.88. The van der Waals surface area contributed by atoms with Crippen LogP contribution in [0.5, 0.6) is 0 Å². The van der Waals surface area contributed by atoms with Crippen LogP contribution in [0.3, 0.4) is 0 Å². The number of H-pyrrole nitrogens is 1. The Morgan fingerprint density at radius 2 is 1.47 bits per heavy atom. The van der Waals surface area contributed by atoms with Crippen molar-refractivity contribution < 1.29 is 71.7 Å². The van der Waals surface area contributed by atoms with Crippen LogP contribution in [-0.2, 0) is 65.6 Å². The predicted octanol–water partition coefficient (Wildman–Crippen LogP) is -2.02. The average molecular weight is 809 g/mol. The molecule has 25 heteroatoms. The first kappa shape index (κ1) is 42.2. The van der Waals surface area contributed by atoms with E-state index in [4.69, 9.17) is 53.8 Å². The molecule has 0 bridgehead atoms. The Kier molecular flexibility index (Phi) is 15.0. The molecule has 1 aromatic rings. The van der Waals surface area contributed by atoms with Crippen LogP contribution >= 0.6 is 13.4 Å². The van der Waals surface area contributed by atoms with Gasteiger partial charge in [0.2, 0.25) is 0 Å². The number of hydrogen-bond acceptors (Lipinski definition) is 16. The number of carbonyl (C=O) groups excluding carboxylic acids is 1. The third kappa shape index (κ3) is 11.0. The molecule has 21 nitrogen and oxygen atoms in total. The maximum absolute atomic E-state index is 12.9. The van der Waals surface area contributed by atoms with Gasteiger partial charge < -0.3 is 67.7 Å². The second kappa shape index (κ2) is 18.2. The summed E-state index contributed by atoms with van der Waals surface area (Å²) in [7, 11) is 2.86. The van der Waals surface area contributed by atoms with E-state index in [1.54, 1.807) is 6.92 Å². The van der Waals surface area contributed by atoms with Gasteiger partial charge in [0.05, 0.1) is 39.6 Å². The molecule has 0 radical (unpaired) electrons. The molecule has 3 aliphatic rings. The predicted molar refractivity (Wildman–Crippen MR) is 180 cm³/mol. The van der Waals surface area contributed by atoms with Crippen molar-refractivity contribution in [3.63, 3.8) is 0 Å². The minimum atomic E-state index is -4.36. The van der Waals surface area contributed by atoms with Gasteiger partial charge in [0.1, 0.15) is 36.6 Å². The van der Waals surface area contributed by atoms with Gasteiger partial charge in [0, 0.05) is 32.2 Å². The molecule has 4 heterocycles. The summed E-state index contributed by atoms with van der Waals surface area (Å²) in [6.45, 7) is -6.65. The summed E-state index contributed by atoms with van der Waals surface area (Å²) in [6.07, 6.45) is -9.11. The zero-order chi connectivity index (χ0) is 37.7. The highest BCUT2D eigenvalue weighted by Gasteiger charge is 2.53. The number of rotatable bonds is 18. The van der Waals surface area contributed by atoms with Crippen LogP contribution in [-0.4, -0.2) is 148 Å². The largest absolute Gasteiger partial charge is 0.387 e. The molecule has 10 atom stereocenters. The van der Waals surface area contributed by atoms with E-state index in [-0.39, 0.29) is 32.0 Å². The number of carbonyl (C=O) groups is 1. The highest BCUT2D eigenvalue weighted by Crippen LogP contribution is 2.50. The first-order valence-corrected chi connectivity index (χ1v) is 20.5. The van der Waals surface area contributed by atoms with Crippen molar-refractivity contribution in [3.05, 3.63) is 44.4 Å². The van der Waals surface area contributed by atoms with Gasteiger partial charge in [-0.3, -0.25) is 23.8 Å². The van der Waals surface area contributed by atoms with Crippen molar-refractivity contribution in [3.8, 4) is 0 Å². The van der Waals surface area contributed by atoms with Gasteiger partial charge in [-0.15, -0.1) is 0 Å². The SMILES string of the molecule is COCCO[C@@H]1[C@H](OP(O)(=S)OC[C@H]2O[C@@H](n3cc(C)c(=O)[nH]c3=O)[C@H](OCCOC)[C@@H]2O)[C@@H](COP(O)(O)=S)O[C@H]1N1C=C(C)C(O)NC1=O. The molecule has 0 aromatic carbocycles. The fraction of sp³-hybridized carbons (Fsp3) is 0.731. The molecule has 7 N–H and O–H groups in total. The minimum absolute atomic E-state index is 0.00113. The van der Waals surface area contributed by atoms with Gasteiger partial charge in [-0.25, -0.2) is 9.59 Å². The minimum Gasteiger partial charge on any atom is -0.387 e. The molecule has 0 saturated carbocycles. The number of amides is 2. The number of urea groups is 1. The number of aliphatic hydroxyl groups is 2. The Morgan fingerprint density at radius 1 is 0.863 bits per heavy atom. The Labute approximate surface area is 301 Å². The van der Waals surface area contributed by atoms with Crippen molar-refractivity contribution in [2.45, 2.75) is 69.2 Å². The summed E-state index contributed by atoms with van der Waals surface area (Å²) in [5.41, 5.74) is -0.928. The third-order valence-corrected chi connectivity index (χ3v) is 10.2. The maximum Gasteiger partial charge on any atom is 0.330 e. The van der Waals surface area contributed by atoms with E-state index < -0.39 is 99.2 Å². The van der Waals surface area contributed by atoms with E-state index in [9.17, 15) is 39.3 Å². The molecule has 290 valence electrons. The smallest absolute Gasteiger partial charge is 0.330 e. The Bertz CT molecular complexity index is 1610. The first-order chi connectivity index (χ1) is 24.0. The van der Waals surface area contributed by atoms with Crippen molar-refractivity contribution >= 4 is 43.1 Å². The lowest BCUT2D eigenvalue weighted by atomic mass is 10.1. The second-order valence-corrected chi connectivity index (χ2v) is 17.0. The highest BCUT2D eigenvalue weighted by atomic mass is 32.5. The topological polar surface area (TPSA) is 271 Å². The summed E-state index contributed by atoms with van der Waals surface area (Å²) in [5.74, 6) is 0. The molecule has 1 aromatic heterocycles. The lowest BCUT2D eigenvalue weighted by molar-refractivity contribution is -0.0911. The van der Waals surface area contributed by atoms with Gasteiger partial charge >= 0.3 is 25.2 Å². The molecule has 0 spiro atoms. The molecular formula is C26H42N4O17P2S2. The summed E-state index contributed by atoms with van der Waals surface area (Å²) < 4.78 is 51.3. The fourth-order valence-corrected chi connectivity index (χ4v) is 7.27. The highest BCUT2D eigenvalue weighted by molar-refractivity contribution is 8.07. The average Bonchev–Trinajstić information content (AvgIpc) is 3.54. The van der Waals surface area contributed by atoms with Crippen LogP contribution in [0.1, 0.15) is 18.7 Å². The standard InChI is InChI=1S/C26H42N4O17P2S2/c1-13-9-29(25(34)27-21(13)32)23-19(41-7-5-39-3)17(31)15(45-23)11-44-49(38,51)47-18-16(12-43-48(36,37)50)46-24(20(18)42-8-6-40-4)30-10-14(2)22(33)28-26(30)35/h9-10,15-20,22-24,31,33H,5-8,11-12H2,1-4H3,(H,28,35)(H,38,51)(H,27,32,34)(H2,36,37,50)/t15-,16-,17-,18-,19-,20-,22?,23-,24-,49?/m1/s1.